The number of amides is 1. The van der Waals surface area contributed by atoms with Crippen LogP contribution in [-0.2, 0) is 0 Å². The first kappa shape index (κ1) is 24.5. The molecule has 1 atom stereocenters. The lowest BCUT2D eigenvalue weighted by Gasteiger charge is -2.19. The van der Waals surface area contributed by atoms with Gasteiger partial charge in [0.15, 0.2) is 5.96 Å². The Kier molecular flexibility index (Phi) is 10.6. The second kappa shape index (κ2) is 12.1. The van der Waals surface area contributed by atoms with Crippen molar-refractivity contribution in [3.63, 3.8) is 0 Å². The Morgan fingerprint density at radius 1 is 1.21 bits per heavy atom. The molecule has 0 aliphatic carbocycles. The average molecular weight is 513 g/mol. The SMILES string of the molecule is CN=C(NCCCNC(=O)c1ccccc1)NC1CCN(CC(F)(F)F)C1.I. The summed E-state index contributed by atoms with van der Waals surface area (Å²) in [6, 6.07) is 8.92. The van der Waals surface area contributed by atoms with Gasteiger partial charge in [-0.3, -0.25) is 14.7 Å². The van der Waals surface area contributed by atoms with E-state index in [2.05, 4.69) is 20.9 Å². The molecule has 1 saturated heterocycles. The van der Waals surface area contributed by atoms with E-state index < -0.39 is 12.7 Å². The van der Waals surface area contributed by atoms with Gasteiger partial charge in [-0.15, -0.1) is 24.0 Å². The molecular weight excluding hydrogens is 486 g/mol. The van der Waals surface area contributed by atoms with Crippen LogP contribution in [0.5, 0.6) is 0 Å². The van der Waals surface area contributed by atoms with Gasteiger partial charge in [-0.25, -0.2) is 0 Å². The Hall–Kier alpha value is -1.56. The number of alkyl halides is 3. The Labute approximate surface area is 180 Å². The molecule has 10 heteroatoms. The Morgan fingerprint density at radius 2 is 1.89 bits per heavy atom. The van der Waals surface area contributed by atoms with Gasteiger partial charge in [0.25, 0.3) is 5.91 Å². The highest BCUT2D eigenvalue weighted by Crippen LogP contribution is 2.19. The van der Waals surface area contributed by atoms with E-state index in [9.17, 15) is 18.0 Å². The average Bonchev–Trinajstić information content (AvgIpc) is 3.05. The quantitative estimate of drug-likeness (QED) is 0.227. The summed E-state index contributed by atoms with van der Waals surface area (Å²) in [4.78, 5) is 17.4. The summed E-state index contributed by atoms with van der Waals surface area (Å²) in [5.74, 6) is 0.442. The summed E-state index contributed by atoms with van der Waals surface area (Å²) < 4.78 is 37.3. The largest absolute Gasteiger partial charge is 0.401 e. The summed E-state index contributed by atoms with van der Waals surface area (Å²) in [5.41, 5.74) is 0.618. The second-order valence-corrected chi connectivity index (χ2v) is 6.45. The van der Waals surface area contributed by atoms with Crippen molar-refractivity contribution in [1.82, 2.24) is 20.9 Å². The van der Waals surface area contributed by atoms with E-state index in [1.54, 1.807) is 19.2 Å². The first-order valence-electron chi connectivity index (χ1n) is 8.97. The molecule has 1 heterocycles. The number of hydrogen-bond acceptors (Lipinski definition) is 3. The van der Waals surface area contributed by atoms with Gasteiger partial charge in [-0.05, 0) is 25.0 Å². The Balaban J connectivity index is 0.00000392. The number of carbonyl (C=O) groups excluding carboxylic acids is 1. The molecule has 2 rings (SSSR count). The molecule has 0 spiro atoms. The highest BCUT2D eigenvalue weighted by atomic mass is 127. The molecule has 1 aliphatic heterocycles. The van der Waals surface area contributed by atoms with Crippen molar-refractivity contribution in [1.29, 1.82) is 0 Å². The smallest absolute Gasteiger partial charge is 0.356 e. The first-order chi connectivity index (χ1) is 12.9. The van der Waals surface area contributed by atoms with Crippen LogP contribution in [0.2, 0.25) is 0 Å². The molecule has 1 amide bonds. The van der Waals surface area contributed by atoms with Gasteiger partial charge in [0, 0.05) is 44.8 Å². The van der Waals surface area contributed by atoms with Gasteiger partial charge in [0.05, 0.1) is 6.54 Å². The van der Waals surface area contributed by atoms with Gasteiger partial charge < -0.3 is 16.0 Å². The topological polar surface area (TPSA) is 68.8 Å². The normalized spacial score (nSPS) is 17.7. The molecule has 0 aromatic heterocycles. The Morgan fingerprint density at radius 3 is 2.54 bits per heavy atom. The van der Waals surface area contributed by atoms with E-state index in [4.69, 9.17) is 0 Å². The number of rotatable bonds is 7. The number of guanidine groups is 1. The van der Waals surface area contributed by atoms with Crippen molar-refractivity contribution in [2.45, 2.75) is 25.1 Å². The third kappa shape index (κ3) is 9.09. The van der Waals surface area contributed by atoms with Crippen LogP contribution in [0.15, 0.2) is 35.3 Å². The summed E-state index contributed by atoms with van der Waals surface area (Å²) in [7, 11) is 1.62. The molecule has 0 bridgehead atoms. The lowest BCUT2D eigenvalue weighted by atomic mass is 10.2. The number of nitrogens with zero attached hydrogens (tertiary/aromatic N) is 2. The van der Waals surface area contributed by atoms with E-state index >= 15 is 0 Å². The molecule has 3 N–H and O–H groups in total. The van der Waals surface area contributed by atoms with Crippen molar-refractivity contribution >= 4 is 35.8 Å². The number of likely N-dealkylation sites (tertiary alicyclic amines) is 1. The van der Waals surface area contributed by atoms with Crippen LogP contribution < -0.4 is 16.0 Å². The molecule has 1 aliphatic rings. The first-order valence-corrected chi connectivity index (χ1v) is 8.97. The fourth-order valence-electron chi connectivity index (χ4n) is 2.92. The number of halogens is 4. The number of benzene rings is 1. The molecular formula is C18H27F3IN5O. The molecule has 1 aromatic rings. The van der Waals surface area contributed by atoms with E-state index in [0.29, 0.717) is 50.5 Å². The monoisotopic (exact) mass is 513 g/mol. The van der Waals surface area contributed by atoms with Crippen LogP contribution in [0, 0.1) is 0 Å². The van der Waals surface area contributed by atoms with Crippen molar-refractivity contribution < 1.29 is 18.0 Å². The molecule has 0 radical (unpaired) electrons. The molecule has 1 fully saturated rings. The predicted molar refractivity (Wildman–Crippen MR) is 114 cm³/mol. The maximum atomic E-state index is 12.4. The molecule has 1 unspecified atom stereocenters. The van der Waals surface area contributed by atoms with Gasteiger partial charge in [0.1, 0.15) is 0 Å². The van der Waals surface area contributed by atoms with Crippen molar-refractivity contribution in [3.8, 4) is 0 Å². The molecule has 158 valence electrons. The highest BCUT2D eigenvalue weighted by molar-refractivity contribution is 14.0. The minimum absolute atomic E-state index is 0. The van der Waals surface area contributed by atoms with Crippen molar-refractivity contribution in [3.05, 3.63) is 35.9 Å². The summed E-state index contributed by atoms with van der Waals surface area (Å²) >= 11 is 0. The molecule has 6 nitrogen and oxygen atoms in total. The minimum atomic E-state index is -4.17. The van der Waals surface area contributed by atoms with E-state index in [-0.39, 0.29) is 35.9 Å². The fourth-order valence-corrected chi connectivity index (χ4v) is 2.92. The molecule has 0 saturated carbocycles. The third-order valence-corrected chi connectivity index (χ3v) is 4.21. The number of nitrogens with one attached hydrogen (secondary N) is 3. The van der Waals surface area contributed by atoms with E-state index in [1.807, 2.05) is 18.2 Å². The standard InChI is InChI=1S/C18H26F3N5O.HI/c1-22-17(25-15-8-11-26(12-15)13-18(19,20)21)24-10-5-9-23-16(27)14-6-3-2-4-7-14;/h2-4,6-7,15H,5,8-13H2,1H3,(H,23,27)(H2,22,24,25);1H. The second-order valence-electron chi connectivity index (χ2n) is 6.45. The predicted octanol–water partition coefficient (Wildman–Crippen LogP) is 2.23. The lowest BCUT2D eigenvalue weighted by molar-refractivity contribution is -0.143. The van der Waals surface area contributed by atoms with Crippen LogP contribution in [0.4, 0.5) is 13.2 Å². The number of hydrogen-bond donors (Lipinski definition) is 3. The van der Waals surface area contributed by atoms with Crippen LogP contribution in [-0.4, -0.2) is 68.8 Å². The van der Waals surface area contributed by atoms with E-state index in [1.165, 1.54) is 4.90 Å². The zero-order valence-corrected chi connectivity index (χ0v) is 18.1. The van der Waals surface area contributed by atoms with Gasteiger partial charge in [0.2, 0.25) is 0 Å². The number of aliphatic imine (C=N–C) groups is 1. The lowest BCUT2D eigenvalue weighted by Crippen LogP contribution is -2.45. The van der Waals surface area contributed by atoms with Crippen LogP contribution in [0.1, 0.15) is 23.2 Å². The minimum Gasteiger partial charge on any atom is -0.356 e. The van der Waals surface area contributed by atoms with Gasteiger partial charge in [-0.1, -0.05) is 18.2 Å². The van der Waals surface area contributed by atoms with Gasteiger partial charge in [-0.2, -0.15) is 13.2 Å². The molecule has 28 heavy (non-hydrogen) atoms. The van der Waals surface area contributed by atoms with Crippen molar-refractivity contribution in [2.24, 2.45) is 4.99 Å². The summed E-state index contributed by atoms with van der Waals surface area (Å²) in [5, 5.41) is 9.11. The number of carbonyl (C=O) groups is 1. The highest BCUT2D eigenvalue weighted by Gasteiger charge is 2.34. The Bertz CT molecular complexity index is 627. The summed E-state index contributed by atoms with van der Waals surface area (Å²) in [6.07, 6.45) is -2.83. The van der Waals surface area contributed by atoms with Crippen LogP contribution in [0.25, 0.3) is 0 Å². The fraction of sp³-hybridized carbons (Fsp3) is 0.556. The maximum Gasteiger partial charge on any atom is 0.401 e. The maximum absolute atomic E-state index is 12.4. The zero-order chi connectivity index (χ0) is 19.7. The van der Waals surface area contributed by atoms with E-state index in [0.717, 1.165) is 0 Å². The van der Waals surface area contributed by atoms with Crippen LogP contribution in [0.3, 0.4) is 0 Å². The zero-order valence-electron chi connectivity index (χ0n) is 15.8. The van der Waals surface area contributed by atoms with Crippen molar-refractivity contribution in [2.75, 3.05) is 39.8 Å². The van der Waals surface area contributed by atoms with Gasteiger partial charge >= 0.3 is 6.18 Å². The molecule has 1 aromatic carbocycles. The third-order valence-electron chi connectivity index (χ3n) is 4.21. The summed E-state index contributed by atoms with van der Waals surface area (Å²) in [6.45, 7) is 0.986. The van der Waals surface area contributed by atoms with Crippen LogP contribution >= 0.6 is 24.0 Å².